The highest BCUT2D eigenvalue weighted by molar-refractivity contribution is 5.85. The van der Waals surface area contributed by atoms with Crippen molar-refractivity contribution in [2.75, 3.05) is 5.32 Å². The summed E-state index contributed by atoms with van der Waals surface area (Å²) < 4.78 is 45.0. The molecule has 1 aliphatic rings. The highest BCUT2D eigenvalue weighted by atomic mass is 35.5. The molecule has 1 saturated carbocycles. The highest BCUT2D eigenvalue weighted by Gasteiger charge is 2.48. The lowest BCUT2D eigenvalue weighted by Gasteiger charge is -2.53. The van der Waals surface area contributed by atoms with Gasteiger partial charge in [0.1, 0.15) is 0 Å². The maximum Gasteiger partial charge on any atom is 0.434 e. The number of hydrogen-bond acceptors (Lipinski definition) is 5. The summed E-state index contributed by atoms with van der Waals surface area (Å²) in [5.74, 6) is -0.691. The molecular formula is C17H22ClF3N4O2. The van der Waals surface area contributed by atoms with E-state index in [0.717, 1.165) is 12.5 Å². The second kappa shape index (κ2) is 7.20. The second-order valence-electron chi connectivity index (χ2n) is 7.38. The first-order valence-corrected chi connectivity index (χ1v) is 8.29. The molecule has 6 nitrogen and oxygen atoms in total. The van der Waals surface area contributed by atoms with Gasteiger partial charge in [-0.2, -0.15) is 13.2 Å². The Hall–Kier alpha value is -2.00. The molecule has 0 aliphatic heterocycles. The zero-order valence-electron chi connectivity index (χ0n) is 15.1. The molecular weight excluding hydrogens is 385 g/mol. The van der Waals surface area contributed by atoms with Crippen LogP contribution in [-0.2, 0) is 6.18 Å². The van der Waals surface area contributed by atoms with Crippen LogP contribution in [-0.4, -0.2) is 22.3 Å². The standard InChI is InChI=1S/C17H21F3N4O2.ClH/c1-8(11-7-13(21)16(11,2)3)22-12-6-9(14-23-24-15(25)26-14)4-5-10(12)17(18,19)20;/h4-6,8,11,13,22H,7,21H2,1-3H3,(H,24,25);1H/t8-,11-,13-;/m0./s1. The number of benzene rings is 1. The monoisotopic (exact) mass is 406 g/mol. The Balaban J connectivity index is 0.00000261. The van der Waals surface area contributed by atoms with Crippen LogP contribution in [0.15, 0.2) is 27.4 Å². The van der Waals surface area contributed by atoms with Crippen molar-refractivity contribution >= 4 is 18.1 Å². The average molecular weight is 407 g/mol. The number of aromatic amines is 1. The third kappa shape index (κ3) is 3.98. The van der Waals surface area contributed by atoms with E-state index in [1.54, 1.807) is 0 Å². The molecule has 0 unspecified atom stereocenters. The molecule has 10 heteroatoms. The molecule has 0 bridgehead atoms. The Kier molecular flexibility index (Phi) is 5.68. The summed E-state index contributed by atoms with van der Waals surface area (Å²) in [6.45, 7) is 5.88. The quantitative estimate of drug-likeness (QED) is 0.720. The van der Waals surface area contributed by atoms with Gasteiger partial charge in [-0.15, -0.1) is 17.5 Å². The highest BCUT2D eigenvalue weighted by Crippen LogP contribution is 2.48. The van der Waals surface area contributed by atoms with Crippen LogP contribution in [0.1, 0.15) is 32.8 Å². The van der Waals surface area contributed by atoms with Crippen LogP contribution < -0.4 is 16.8 Å². The van der Waals surface area contributed by atoms with Crippen molar-refractivity contribution in [3.05, 3.63) is 34.3 Å². The number of halogens is 4. The van der Waals surface area contributed by atoms with Crippen LogP contribution >= 0.6 is 12.4 Å². The molecule has 0 radical (unpaired) electrons. The van der Waals surface area contributed by atoms with Crippen molar-refractivity contribution < 1.29 is 17.6 Å². The molecule has 1 aromatic heterocycles. The number of anilines is 1. The van der Waals surface area contributed by atoms with Gasteiger partial charge in [0, 0.05) is 23.3 Å². The van der Waals surface area contributed by atoms with Gasteiger partial charge in [0.25, 0.3) is 0 Å². The maximum absolute atomic E-state index is 13.4. The minimum atomic E-state index is -4.52. The van der Waals surface area contributed by atoms with Crippen LogP contribution in [0.4, 0.5) is 18.9 Å². The number of alkyl halides is 3. The maximum atomic E-state index is 13.4. The third-order valence-electron chi connectivity index (χ3n) is 5.42. The molecule has 27 heavy (non-hydrogen) atoms. The van der Waals surface area contributed by atoms with Crippen molar-refractivity contribution in [1.29, 1.82) is 0 Å². The fourth-order valence-electron chi connectivity index (χ4n) is 3.59. The van der Waals surface area contributed by atoms with Gasteiger partial charge in [0.2, 0.25) is 5.89 Å². The first kappa shape index (κ1) is 21.3. The molecule has 1 heterocycles. The van der Waals surface area contributed by atoms with Gasteiger partial charge in [0.15, 0.2) is 0 Å². The molecule has 3 rings (SSSR count). The van der Waals surface area contributed by atoms with E-state index in [2.05, 4.69) is 15.5 Å². The van der Waals surface area contributed by atoms with E-state index in [1.807, 2.05) is 20.8 Å². The Morgan fingerprint density at radius 2 is 2.07 bits per heavy atom. The topological polar surface area (TPSA) is 96.9 Å². The van der Waals surface area contributed by atoms with Gasteiger partial charge in [0.05, 0.1) is 5.56 Å². The fraction of sp³-hybridized carbons (Fsp3) is 0.529. The Bertz CT molecular complexity index is 862. The first-order valence-electron chi connectivity index (χ1n) is 8.29. The molecule has 1 aromatic carbocycles. The van der Waals surface area contributed by atoms with Crippen molar-refractivity contribution in [3.63, 3.8) is 0 Å². The normalized spacial score (nSPS) is 22.5. The number of nitrogens with zero attached hydrogens (tertiary/aromatic N) is 1. The number of aromatic nitrogens is 2. The number of rotatable bonds is 4. The predicted octanol–water partition coefficient (Wildman–Crippen LogP) is 3.64. The van der Waals surface area contributed by atoms with Gasteiger partial charge in [-0.05, 0) is 42.9 Å². The van der Waals surface area contributed by atoms with E-state index in [0.29, 0.717) is 0 Å². The lowest BCUT2D eigenvalue weighted by molar-refractivity contribution is -0.137. The van der Waals surface area contributed by atoms with E-state index in [-0.39, 0.29) is 53.0 Å². The van der Waals surface area contributed by atoms with Gasteiger partial charge in [-0.1, -0.05) is 13.8 Å². The molecule has 4 N–H and O–H groups in total. The summed E-state index contributed by atoms with van der Waals surface area (Å²) in [7, 11) is 0. The molecule has 1 aliphatic carbocycles. The molecule has 0 saturated heterocycles. The Morgan fingerprint density at radius 1 is 1.41 bits per heavy atom. The number of hydrogen-bond donors (Lipinski definition) is 3. The van der Waals surface area contributed by atoms with E-state index in [4.69, 9.17) is 10.2 Å². The van der Waals surface area contributed by atoms with E-state index in [1.165, 1.54) is 12.1 Å². The van der Waals surface area contributed by atoms with Crippen LogP contribution in [0.5, 0.6) is 0 Å². The van der Waals surface area contributed by atoms with E-state index in [9.17, 15) is 18.0 Å². The molecule has 1 fully saturated rings. The van der Waals surface area contributed by atoms with Gasteiger partial charge >= 0.3 is 11.9 Å². The van der Waals surface area contributed by atoms with Crippen LogP contribution in [0.25, 0.3) is 11.5 Å². The number of H-pyrrole nitrogens is 1. The summed E-state index contributed by atoms with van der Waals surface area (Å²) >= 11 is 0. The van der Waals surface area contributed by atoms with Gasteiger partial charge in [-0.3, -0.25) is 0 Å². The second-order valence-corrected chi connectivity index (χ2v) is 7.38. The minimum Gasteiger partial charge on any atom is -0.388 e. The molecule has 150 valence electrons. The van der Waals surface area contributed by atoms with Crippen molar-refractivity contribution in [2.24, 2.45) is 17.1 Å². The molecule has 2 aromatic rings. The van der Waals surface area contributed by atoms with Gasteiger partial charge in [-0.25, -0.2) is 9.89 Å². The van der Waals surface area contributed by atoms with E-state index < -0.39 is 17.5 Å². The summed E-state index contributed by atoms with van der Waals surface area (Å²) in [6, 6.07) is 3.29. The number of nitrogens with two attached hydrogens (primary N) is 1. The summed E-state index contributed by atoms with van der Waals surface area (Å²) in [5.41, 5.74) is 5.27. The lowest BCUT2D eigenvalue weighted by atomic mass is 9.56. The average Bonchev–Trinajstić information content (AvgIpc) is 2.97. The largest absolute Gasteiger partial charge is 0.434 e. The molecule has 0 amide bonds. The van der Waals surface area contributed by atoms with Crippen molar-refractivity contribution in [2.45, 2.75) is 45.5 Å². The Morgan fingerprint density at radius 3 is 2.56 bits per heavy atom. The van der Waals surface area contributed by atoms with Crippen LogP contribution in [0.2, 0.25) is 0 Å². The zero-order valence-corrected chi connectivity index (χ0v) is 15.9. The fourth-order valence-corrected chi connectivity index (χ4v) is 3.59. The van der Waals surface area contributed by atoms with Crippen LogP contribution in [0.3, 0.4) is 0 Å². The SMILES string of the molecule is C[C@H](Nc1cc(-c2n[nH]c(=O)o2)ccc1C(F)(F)F)[C@@H]1C[C@H](N)C1(C)C.Cl. The van der Waals surface area contributed by atoms with Gasteiger partial charge < -0.3 is 15.5 Å². The van der Waals surface area contributed by atoms with Crippen molar-refractivity contribution in [1.82, 2.24) is 10.2 Å². The van der Waals surface area contributed by atoms with Crippen molar-refractivity contribution in [3.8, 4) is 11.5 Å². The predicted molar refractivity (Wildman–Crippen MR) is 97.8 cm³/mol. The molecule has 0 spiro atoms. The molecule has 3 atom stereocenters. The smallest absolute Gasteiger partial charge is 0.388 e. The zero-order chi connectivity index (χ0) is 19.3. The lowest BCUT2D eigenvalue weighted by Crippen LogP contribution is -2.59. The summed E-state index contributed by atoms with van der Waals surface area (Å²) in [4.78, 5) is 11.1. The number of nitrogens with one attached hydrogen (secondary N) is 2. The van der Waals surface area contributed by atoms with Crippen LogP contribution in [0, 0.1) is 11.3 Å². The minimum absolute atomic E-state index is 0. The summed E-state index contributed by atoms with van der Waals surface area (Å²) in [6.07, 6.45) is -3.77. The van der Waals surface area contributed by atoms with E-state index >= 15 is 0 Å². The third-order valence-corrected chi connectivity index (χ3v) is 5.42. The summed E-state index contributed by atoms with van der Waals surface area (Å²) in [5, 5.41) is 8.74. The Labute approximate surface area is 160 Å². The first-order chi connectivity index (χ1) is 12.0.